The summed E-state index contributed by atoms with van der Waals surface area (Å²) in [5, 5.41) is 0. The van der Waals surface area contributed by atoms with Crippen molar-refractivity contribution < 1.29 is 0 Å². The molecule has 17 heavy (non-hydrogen) atoms. The topological polar surface area (TPSA) is 3.24 Å². The summed E-state index contributed by atoms with van der Waals surface area (Å²) in [4.78, 5) is 3.27. The third-order valence-electron chi connectivity index (χ3n) is 3.58. The van der Waals surface area contributed by atoms with E-state index in [9.17, 15) is 0 Å². The van der Waals surface area contributed by atoms with E-state index in [1.54, 1.807) is 0 Å². The smallest absolute Gasteiger partial charge is 0.0288 e. The molecule has 2 rings (SSSR count). The molecule has 1 heterocycles. The third-order valence-corrected chi connectivity index (χ3v) is 4.24. The van der Waals surface area contributed by atoms with Crippen molar-refractivity contribution in [3.63, 3.8) is 0 Å². The normalized spacial score (nSPS) is 26.4. The molecule has 0 spiro atoms. The lowest BCUT2D eigenvalue weighted by Gasteiger charge is -2.35. The maximum atomic E-state index is 3.78. The highest BCUT2D eigenvalue weighted by Crippen LogP contribution is 2.36. The summed E-state index contributed by atoms with van der Waals surface area (Å²) >= 11 is 3.78. The molecule has 1 fully saturated rings. The van der Waals surface area contributed by atoms with Crippen molar-refractivity contribution in [2.24, 2.45) is 5.41 Å². The van der Waals surface area contributed by atoms with E-state index < -0.39 is 0 Å². The van der Waals surface area contributed by atoms with Gasteiger partial charge in [0.15, 0.2) is 0 Å². The van der Waals surface area contributed by atoms with Gasteiger partial charge in [0.05, 0.1) is 0 Å². The molecule has 0 unspecified atom stereocenters. The van der Waals surface area contributed by atoms with E-state index in [-0.39, 0.29) is 0 Å². The first kappa shape index (κ1) is 13.1. The Morgan fingerprint density at radius 3 is 2.47 bits per heavy atom. The van der Waals surface area contributed by atoms with E-state index in [4.69, 9.17) is 0 Å². The monoisotopic (exact) mass is 295 g/mol. The molecule has 2 atom stereocenters. The molecule has 0 radical (unpaired) electrons. The Morgan fingerprint density at radius 1 is 1.24 bits per heavy atom. The highest BCUT2D eigenvalue weighted by molar-refractivity contribution is 9.09. The Kier molecular flexibility index (Phi) is 3.94. The maximum absolute atomic E-state index is 3.78. The van der Waals surface area contributed by atoms with E-state index in [0.717, 1.165) is 13.1 Å². The molecular weight excluding hydrogens is 274 g/mol. The number of hydrogen-bond acceptors (Lipinski definition) is 1. The minimum atomic E-state index is 0.358. The lowest BCUT2D eigenvalue weighted by atomic mass is 9.85. The van der Waals surface area contributed by atoms with Crippen LogP contribution in [0.5, 0.6) is 0 Å². The zero-order chi connectivity index (χ0) is 12.5. The average molecular weight is 296 g/mol. The standard InChI is InChI=1S/C15H22BrN/c1-15(2,3)14-9-13(16)11-17(14)10-12-7-5-4-6-8-12/h4-8,13-14H,9-11H2,1-3H3/t13-,14-/m0/s1. The second-order valence-electron chi connectivity index (χ2n) is 6.13. The van der Waals surface area contributed by atoms with Gasteiger partial charge in [-0.25, -0.2) is 0 Å². The summed E-state index contributed by atoms with van der Waals surface area (Å²) in [5.74, 6) is 0. The highest BCUT2D eigenvalue weighted by Gasteiger charge is 2.37. The van der Waals surface area contributed by atoms with Crippen molar-refractivity contribution in [1.82, 2.24) is 4.90 Å². The Morgan fingerprint density at radius 2 is 1.88 bits per heavy atom. The van der Waals surface area contributed by atoms with Gasteiger partial charge < -0.3 is 0 Å². The number of alkyl halides is 1. The van der Waals surface area contributed by atoms with Crippen LogP contribution in [0.2, 0.25) is 0 Å². The van der Waals surface area contributed by atoms with Crippen LogP contribution in [0.4, 0.5) is 0 Å². The SMILES string of the molecule is CC(C)(C)[C@@H]1C[C@H](Br)CN1Cc1ccccc1. The van der Waals surface area contributed by atoms with Crippen LogP contribution in [0.1, 0.15) is 32.8 Å². The average Bonchev–Trinajstić information content (AvgIpc) is 2.60. The predicted octanol–water partition coefficient (Wildman–Crippen LogP) is 4.07. The van der Waals surface area contributed by atoms with Crippen molar-refractivity contribution in [3.8, 4) is 0 Å². The molecule has 0 aromatic heterocycles. The first-order valence-corrected chi connectivity index (χ1v) is 7.30. The number of nitrogens with zero attached hydrogens (tertiary/aromatic N) is 1. The molecule has 0 bridgehead atoms. The van der Waals surface area contributed by atoms with Gasteiger partial charge in [-0.2, -0.15) is 0 Å². The second-order valence-corrected chi connectivity index (χ2v) is 7.42. The van der Waals surface area contributed by atoms with E-state index in [1.165, 1.54) is 12.0 Å². The number of halogens is 1. The Bertz CT molecular complexity index is 355. The Hall–Kier alpha value is -0.340. The van der Waals surface area contributed by atoms with Gasteiger partial charge >= 0.3 is 0 Å². The summed E-state index contributed by atoms with van der Waals surface area (Å²) in [6.45, 7) is 9.28. The zero-order valence-corrected chi connectivity index (χ0v) is 12.6. The van der Waals surface area contributed by atoms with Crippen molar-refractivity contribution in [1.29, 1.82) is 0 Å². The van der Waals surface area contributed by atoms with Crippen LogP contribution in [-0.2, 0) is 6.54 Å². The predicted molar refractivity (Wildman–Crippen MR) is 77.4 cm³/mol. The molecule has 2 heteroatoms. The molecule has 1 aliphatic rings. The molecular formula is C15H22BrN. The van der Waals surface area contributed by atoms with Gasteiger partial charge in [-0.3, -0.25) is 4.90 Å². The van der Waals surface area contributed by atoms with Crippen LogP contribution in [0, 0.1) is 5.41 Å². The van der Waals surface area contributed by atoms with Gasteiger partial charge in [0.25, 0.3) is 0 Å². The van der Waals surface area contributed by atoms with Crippen LogP contribution in [0.15, 0.2) is 30.3 Å². The number of likely N-dealkylation sites (tertiary alicyclic amines) is 1. The summed E-state index contributed by atoms with van der Waals surface area (Å²) in [7, 11) is 0. The lowest BCUT2D eigenvalue weighted by Crippen LogP contribution is -2.38. The first-order chi connectivity index (χ1) is 7.97. The Balaban J connectivity index is 2.09. The largest absolute Gasteiger partial charge is 0.294 e. The molecule has 0 aliphatic carbocycles. The van der Waals surface area contributed by atoms with Crippen LogP contribution >= 0.6 is 15.9 Å². The highest BCUT2D eigenvalue weighted by atomic mass is 79.9. The summed E-state index contributed by atoms with van der Waals surface area (Å²) < 4.78 is 0. The van der Waals surface area contributed by atoms with E-state index in [2.05, 4.69) is 71.9 Å². The fraction of sp³-hybridized carbons (Fsp3) is 0.600. The maximum Gasteiger partial charge on any atom is 0.0288 e. The van der Waals surface area contributed by atoms with Crippen molar-refractivity contribution in [3.05, 3.63) is 35.9 Å². The van der Waals surface area contributed by atoms with Gasteiger partial charge in [0, 0.05) is 24.0 Å². The molecule has 1 aromatic carbocycles. The fourth-order valence-electron chi connectivity index (χ4n) is 2.74. The van der Waals surface area contributed by atoms with E-state index in [1.807, 2.05) is 0 Å². The number of hydrogen-bond donors (Lipinski definition) is 0. The lowest BCUT2D eigenvalue weighted by molar-refractivity contribution is 0.134. The van der Waals surface area contributed by atoms with Gasteiger partial charge in [-0.05, 0) is 17.4 Å². The molecule has 1 aliphatic heterocycles. The molecule has 1 aromatic rings. The molecule has 1 nitrogen and oxygen atoms in total. The minimum absolute atomic E-state index is 0.358. The molecule has 0 amide bonds. The summed E-state index contributed by atoms with van der Waals surface area (Å²) in [6, 6.07) is 11.5. The third kappa shape index (κ3) is 3.32. The van der Waals surface area contributed by atoms with Gasteiger partial charge in [-0.15, -0.1) is 0 Å². The zero-order valence-electron chi connectivity index (χ0n) is 11.0. The van der Waals surface area contributed by atoms with Gasteiger partial charge in [0.1, 0.15) is 0 Å². The van der Waals surface area contributed by atoms with Crippen LogP contribution in [-0.4, -0.2) is 22.3 Å². The van der Waals surface area contributed by atoms with Crippen molar-refractivity contribution >= 4 is 15.9 Å². The number of benzene rings is 1. The Labute approximate surface area is 113 Å². The first-order valence-electron chi connectivity index (χ1n) is 6.39. The number of rotatable bonds is 2. The fourth-order valence-corrected chi connectivity index (χ4v) is 3.47. The van der Waals surface area contributed by atoms with Gasteiger partial charge in [-0.1, -0.05) is 67.0 Å². The van der Waals surface area contributed by atoms with Crippen molar-refractivity contribution in [2.75, 3.05) is 6.54 Å². The molecule has 1 saturated heterocycles. The van der Waals surface area contributed by atoms with Crippen LogP contribution in [0.3, 0.4) is 0 Å². The molecule has 94 valence electrons. The quantitative estimate of drug-likeness (QED) is 0.744. The van der Waals surface area contributed by atoms with E-state index >= 15 is 0 Å². The molecule has 0 N–H and O–H groups in total. The molecule has 0 saturated carbocycles. The van der Waals surface area contributed by atoms with E-state index in [0.29, 0.717) is 16.3 Å². The summed E-state index contributed by atoms with van der Waals surface area (Å²) in [5.41, 5.74) is 1.78. The van der Waals surface area contributed by atoms with Crippen LogP contribution in [0.25, 0.3) is 0 Å². The van der Waals surface area contributed by atoms with Crippen LogP contribution < -0.4 is 0 Å². The van der Waals surface area contributed by atoms with Gasteiger partial charge in [0.2, 0.25) is 0 Å². The second kappa shape index (κ2) is 5.11. The minimum Gasteiger partial charge on any atom is -0.294 e. The summed E-state index contributed by atoms with van der Waals surface area (Å²) in [6.07, 6.45) is 1.26. The van der Waals surface area contributed by atoms with Crippen molar-refractivity contribution in [2.45, 2.75) is 44.6 Å².